The quantitative estimate of drug-likeness (QED) is 0.361. The van der Waals surface area contributed by atoms with E-state index in [1.807, 2.05) is 78.9 Å². The van der Waals surface area contributed by atoms with Crippen molar-refractivity contribution >= 4 is 17.2 Å². The van der Waals surface area contributed by atoms with Crippen LogP contribution in [0.2, 0.25) is 0 Å². The first-order valence-electron chi connectivity index (χ1n) is 10.6. The molecule has 7 heteroatoms. The monoisotopic (exact) mass is 460 g/mol. The van der Waals surface area contributed by atoms with Crippen LogP contribution in [-0.2, 0) is 17.8 Å². The number of nitrogens with one attached hydrogen (secondary N) is 2. The van der Waals surface area contributed by atoms with Crippen molar-refractivity contribution in [3.05, 3.63) is 105 Å². The highest BCUT2D eigenvalue weighted by Gasteiger charge is 2.14. The Kier molecular flexibility index (Phi) is 6.90. The molecule has 0 aliphatic carbocycles. The van der Waals surface area contributed by atoms with Crippen molar-refractivity contribution in [2.24, 2.45) is 0 Å². The van der Waals surface area contributed by atoms with Crippen molar-refractivity contribution < 1.29 is 14.6 Å². The summed E-state index contributed by atoms with van der Waals surface area (Å²) >= 11 is 1.02. The molecule has 0 bridgehead atoms. The Morgan fingerprint density at radius 2 is 1.76 bits per heavy atom. The molecule has 3 N–H and O–H groups in total. The van der Waals surface area contributed by atoms with Crippen LogP contribution in [0.1, 0.15) is 22.9 Å². The van der Waals surface area contributed by atoms with Gasteiger partial charge in [0.05, 0.1) is 4.88 Å². The number of rotatable bonds is 8. The summed E-state index contributed by atoms with van der Waals surface area (Å²) in [5.41, 5.74) is 4.06. The fourth-order valence-corrected chi connectivity index (χ4v) is 4.18. The molecule has 0 fully saturated rings. The van der Waals surface area contributed by atoms with Crippen molar-refractivity contribution in [1.29, 1.82) is 0 Å². The minimum atomic E-state index is -0.596. The number of aromatic nitrogens is 1. The fourth-order valence-electron chi connectivity index (χ4n) is 3.42. The van der Waals surface area contributed by atoms with Crippen molar-refractivity contribution in [2.75, 3.05) is 0 Å². The van der Waals surface area contributed by atoms with Gasteiger partial charge in [0.15, 0.2) is 6.10 Å². The third kappa shape index (κ3) is 5.90. The highest BCUT2D eigenvalue weighted by Crippen LogP contribution is 2.24. The second kappa shape index (κ2) is 10.2. The van der Waals surface area contributed by atoms with Crippen molar-refractivity contribution in [3.8, 4) is 22.8 Å². The summed E-state index contributed by atoms with van der Waals surface area (Å²) < 4.78 is 5.67. The molecule has 3 aromatic carbocycles. The van der Waals surface area contributed by atoms with E-state index in [0.29, 0.717) is 23.6 Å². The molecule has 0 aliphatic rings. The number of hydrogen-bond donors (Lipinski definition) is 3. The van der Waals surface area contributed by atoms with Crippen molar-refractivity contribution in [2.45, 2.75) is 26.0 Å². The zero-order valence-corrected chi connectivity index (χ0v) is 18.9. The molecular weight excluding hydrogens is 436 g/mol. The summed E-state index contributed by atoms with van der Waals surface area (Å²) in [4.78, 5) is 26.5. The maximum atomic E-state index is 12.4. The van der Waals surface area contributed by atoms with E-state index in [2.05, 4.69) is 10.3 Å². The van der Waals surface area contributed by atoms with Gasteiger partial charge in [0, 0.05) is 13.0 Å². The van der Waals surface area contributed by atoms with Crippen LogP contribution in [0.5, 0.6) is 11.6 Å². The van der Waals surface area contributed by atoms with Gasteiger partial charge in [0.25, 0.3) is 5.91 Å². The molecule has 6 nitrogen and oxygen atoms in total. The zero-order chi connectivity index (χ0) is 23.2. The second-order valence-electron chi connectivity index (χ2n) is 7.65. The van der Waals surface area contributed by atoms with Crippen LogP contribution in [-0.4, -0.2) is 22.1 Å². The van der Waals surface area contributed by atoms with E-state index in [1.54, 1.807) is 6.92 Å². The summed E-state index contributed by atoms with van der Waals surface area (Å²) in [7, 11) is 0. The molecule has 1 unspecified atom stereocenters. The number of thiazole rings is 1. The predicted octanol–water partition coefficient (Wildman–Crippen LogP) is 4.48. The molecule has 168 valence electrons. The number of para-hydroxylation sites is 1. The van der Waals surface area contributed by atoms with Gasteiger partial charge in [-0.15, -0.1) is 0 Å². The zero-order valence-electron chi connectivity index (χ0n) is 18.1. The Hall–Kier alpha value is -3.84. The largest absolute Gasteiger partial charge is 0.494 e. The van der Waals surface area contributed by atoms with E-state index in [0.717, 1.165) is 33.6 Å². The smallest absolute Gasteiger partial charge is 0.307 e. The second-order valence-corrected chi connectivity index (χ2v) is 8.72. The Labute approximate surface area is 195 Å². The van der Waals surface area contributed by atoms with Crippen LogP contribution in [0.4, 0.5) is 0 Å². The molecule has 1 atom stereocenters. The van der Waals surface area contributed by atoms with Crippen LogP contribution < -0.4 is 14.9 Å². The lowest BCUT2D eigenvalue weighted by molar-refractivity contribution is -0.127. The Morgan fingerprint density at radius 1 is 1.00 bits per heavy atom. The van der Waals surface area contributed by atoms with Crippen LogP contribution in [0, 0.1) is 0 Å². The first kappa shape index (κ1) is 22.4. The summed E-state index contributed by atoms with van der Waals surface area (Å²) in [6.45, 7) is 2.13. The van der Waals surface area contributed by atoms with E-state index in [-0.39, 0.29) is 16.7 Å². The Balaban J connectivity index is 1.36. The number of benzene rings is 3. The number of carbonyl (C=O) groups excluding carboxylic acids is 1. The first-order chi connectivity index (χ1) is 16.0. The SMILES string of the molecule is CC(Oc1ccccc1)C(=O)NCc1cccc(-c2ccc(Cc3sc(=O)[nH]c3O)cc2)c1. The molecule has 0 spiro atoms. The van der Waals surface area contributed by atoms with Gasteiger partial charge in [-0.3, -0.25) is 14.6 Å². The third-order valence-electron chi connectivity index (χ3n) is 5.17. The molecule has 0 saturated carbocycles. The number of amides is 1. The first-order valence-corrected chi connectivity index (χ1v) is 11.4. The van der Waals surface area contributed by atoms with Crippen molar-refractivity contribution in [3.63, 3.8) is 0 Å². The molecule has 1 heterocycles. The summed E-state index contributed by atoms with van der Waals surface area (Å²) in [6, 6.07) is 25.2. The average molecular weight is 461 g/mol. The van der Waals surface area contributed by atoms with E-state index in [9.17, 15) is 14.7 Å². The molecule has 4 aromatic rings. The number of carbonyl (C=O) groups is 1. The van der Waals surface area contributed by atoms with E-state index in [1.165, 1.54) is 0 Å². The topological polar surface area (TPSA) is 91.4 Å². The number of aromatic amines is 1. The van der Waals surface area contributed by atoms with Gasteiger partial charge in [0.2, 0.25) is 5.88 Å². The van der Waals surface area contributed by atoms with Gasteiger partial charge in [-0.1, -0.05) is 72.0 Å². The maximum absolute atomic E-state index is 12.4. The minimum Gasteiger partial charge on any atom is -0.494 e. The van der Waals surface area contributed by atoms with Crippen LogP contribution in [0.3, 0.4) is 0 Å². The lowest BCUT2D eigenvalue weighted by Crippen LogP contribution is -2.35. The summed E-state index contributed by atoms with van der Waals surface area (Å²) in [6.07, 6.45) is -0.105. The molecule has 1 aromatic heterocycles. The van der Waals surface area contributed by atoms with Gasteiger partial charge >= 0.3 is 4.87 Å². The Bertz CT molecular complexity index is 1280. The molecule has 0 radical (unpaired) electrons. The van der Waals surface area contributed by atoms with Crippen molar-refractivity contribution in [1.82, 2.24) is 10.3 Å². The van der Waals surface area contributed by atoms with Crippen LogP contribution in [0.15, 0.2) is 83.7 Å². The van der Waals surface area contributed by atoms with Gasteiger partial charge in [-0.2, -0.15) is 0 Å². The molecule has 4 rings (SSSR count). The molecule has 0 saturated heterocycles. The number of aromatic hydroxyl groups is 1. The summed E-state index contributed by atoms with van der Waals surface area (Å²) in [5.74, 6) is 0.419. The average Bonchev–Trinajstić information content (AvgIpc) is 3.15. The maximum Gasteiger partial charge on any atom is 0.307 e. The predicted molar refractivity (Wildman–Crippen MR) is 130 cm³/mol. The minimum absolute atomic E-state index is 0.0627. The number of H-pyrrole nitrogens is 1. The molecular formula is C26H24N2O4S. The van der Waals surface area contributed by atoms with Gasteiger partial charge in [-0.05, 0) is 47.4 Å². The van der Waals surface area contributed by atoms with E-state index >= 15 is 0 Å². The molecule has 1 amide bonds. The van der Waals surface area contributed by atoms with Gasteiger partial charge < -0.3 is 15.2 Å². The Morgan fingerprint density at radius 3 is 2.45 bits per heavy atom. The fraction of sp³-hybridized carbons (Fsp3) is 0.154. The van der Waals surface area contributed by atoms with Gasteiger partial charge in [0.1, 0.15) is 5.75 Å². The number of hydrogen-bond acceptors (Lipinski definition) is 5. The number of ether oxygens (including phenoxy) is 1. The lowest BCUT2D eigenvalue weighted by atomic mass is 10.0. The van der Waals surface area contributed by atoms with Crippen LogP contribution in [0.25, 0.3) is 11.1 Å². The van der Waals surface area contributed by atoms with Gasteiger partial charge in [-0.25, -0.2) is 0 Å². The van der Waals surface area contributed by atoms with E-state index in [4.69, 9.17) is 4.74 Å². The highest BCUT2D eigenvalue weighted by molar-refractivity contribution is 7.09. The van der Waals surface area contributed by atoms with Crippen LogP contribution >= 0.6 is 11.3 Å². The normalized spacial score (nSPS) is 11.7. The third-order valence-corrected chi connectivity index (χ3v) is 6.04. The molecule has 33 heavy (non-hydrogen) atoms. The highest BCUT2D eigenvalue weighted by atomic mass is 32.1. The lowest BCUT2D eigenvalue weighted by Gasteiger charge is -2.15. The summed E-state index contributed by atoms with van der Waals surface area (Å²) in [5, 5.41) is 12.7. The molecule has 0 aliphatic heterocycles. The standard InChI is InChI=1S/C26H24N2O4S/c1-17(32-22-8-3-2-4-9-22)24(29)27-16-19-6-5-7-21(14-19)20-12-10-18(11-13-20)15-23-25(30)28-26(31)33-23/h2-14,17,30H,15-16H2,1H3,(H,27,29)(H,28,31). The van der Waals surface area contributed by atoms with E-state index < -0.39 is 6.10 Å².